The van der Waals surface area contributed by atoms with Crippen molar-refractivity contribution < 1.29 is 13.3 Å². The molecule has 0 amide bonds. The molecule has 2 aromatic rings. The highest BCUT2D eigenvalue weighted by atomic mass is 32.2. The van der Waals surface area contributed by atoms with Crippen LogP contribution in [0.2, 0.25) is 0 Å². The predicted molar refractivity (Wildman–Crippen MR) is 108 cm³/mol. The van der Waals surface area contributed by atoms with E-state index < -0.39 is 14.8 Å². The van der Waals surface area contributed by atoms with Crippen LogP contribution in [-0.2, 0) is 9.84 Å². The number of hydrogen-bond donors (Lipinski definition) is 0. The van der Waals surface area contributed by atoms with Crippen LogP contribution in [0.25, 0.3) is 0 Å². The summed E-state index contributed by atoms with van der Waals surface area (Å²) in [7, 11) is -3.20. The molecule has 0 radical (unpaired) electrons. The number of nitrogens with zero attached hydrogens (tertiary/aromatic N) is 3. The van der Waals surface area contributed by atoms with Crippen molar-refractivity contribution in [2.24, 2.45) is 0 Å². The van der Waals surface area contributed by atoms with E-state index >= 15 is 0 Å². The van der Waals surface area contributed by atoms with Crippen LogP contribution in [0.15, 0.2) is 48.5 Å². The van der Waals surface area contributed by atoms with E-state index in [9.17, 15) is 18.5 Å². The zero-order valence-electron chi connectivity index (χ0n) is 14.5. The van der Waals surface area contributed by atoms with Gasteiger partial charge in [-0.25, -0.2) is 8.42 Å². The van der Waals surface area contributed by atoms with E-state index in [2.05, 4.69) is 0 Å². The SMILES string of the molecule is Cc1ccccc1N1C(=S)N(c2ccc([N+](=O)[O-])cc2)[C@@H]2CS(=O)(=O)C[C@H]21. The molecule has 0 aromatic heterocycles. The third kappa shape index (κ3) is 2.96. The van der Waals surface area contributed by atoms with Gasteiger partial charge in [-0.05, 0) is 42.9 Å². The van der Waals surface area contributed by atoms with Gasteiger partial charge in [0, 0.05) is 23.5 Å². The molecular formula is C18H17N3O4S2. The molecule has 0 aliphatic carbocycles. The molecule has 0 unspecified atom stereocenters. The van der Waals surface area contributed by atoms with Crippen LogP contribution >= 0.6 is 12.2 Å². The Morgan fingerprint density at radius 3 is 2.22 bits per heavy atom. The third-order valence-corrected chi connectivity index (χ3v) is 7.17. The standard InChI is InChI=1S/C18H17N3O4S2/c1-12-4-2-3-5-15(12)20-17-11-27(24,25)10-16(17)19(18(20)26)13-6-8-14(9-7-13)21(22)23/h2-9,16-17H,10-11H2,1H3/t16-,17-/m1/s1. The van der Waals surface area contributed by atoms with Gasteiger partial charge in [0.15, 0.2) is 14.9 Å². The first kappa shape index (κ1) is 17.9. The van der Waals surface area contributed by atoms with E-state index in [0.717, 1.165) is 11.3 Å². The van der Waals surface area contributed by atoms with Crippen molar-refractivity contribution in [2.45, 2.75) is 19.0 Å². The Bertz CT molecular complexity index is 1040. The fraction of sp³-hybridized carbons (Fsp3) is 0.278. The first-order chi connectivity index (χ1) is 12.8. The van der Waals surface area contributed by atoms with Gasteiger partial charge in [0.1, 0.15) is 0 Å². The topological polar surface area (TPSA) is 83.8 Å². The maximum atomic E-state index is 12.3. The smallest absolute Gasteiger partial charge is 0.269 e. The summed E-state index contributed by atoms with van der Waals surface area (Å²) in [6.45, 7) is 1.96. The second-order valence-corrected chi connectivity index (χ2v) is 9.31. The molecule has 0 saturated carbocycles. The fourth-order valence-electron chi connectivity index (χ4n) is 3.86. The molecule has 2 atom stereocenters. The van der Waals surface area contributed by atoms with Crippen LogP contribution in [0.5, 0.6) is 0 Å². The number of hydrogen-bond acceptors (Lipinski definition) is 5. The third-order valence-electron chi connectivity index (χ3n) is 5.08. The zero-order chi connectivity index (χ0) is 19.3. The highest BCUT2D eigenvalue weighted by molar-refractivity contribution is 7.91. The van der Waals surface area contributed by atoms with Gasteiger partial charge in [-0.1, -0.05) is 18.2 Å². The molecule has 4 rings (SSSR count). The van der Waals surface area contributed by atoms with Gasteiger partial charge in [-0.2, -0.15) is 0 Å². The highest BCUT2D eigenvalue weighted by Gasteiger charge is 2.52. The lowest BCUT2D eigenvalue weighted by atomic mass is 10.1. The molecule has 9 heteroatoms. The Morgan fingerprint density at radius 1 is 1.04 bits per heavy atom. The van der Waals surface area contributed by atoms with Gasteiger partial charge in [-0.15, -0.1) is 0 Å². The summed E-state index contributed by atoms with van der Waals surface area (Å²) in [6.07, 6.45) is 0. The highest BCUT2D eigenvalue weighted by Crippen LogP contribution is 2.39. The normalized spacial score (nSPS) is 23.5. The molecular weight excluding hydrogens is 386 g/mol. The maximum absolute atomic E-state index is 12.3. The van der Waals surface area contributed by atoms with Crippen molar-refractivity contribution in [2.75, 3.05) is 21.3 Å². The summed E-state index contributed by atoms with van der Waals surface area (Å²) in [5.74, 6) is 0.0484. The van der Waals surface area contributed by atoms with E-state index in [4.69, 9.17) is 12.2 Å². The molecule has 7 nitrogen and oxygen atoms in total. The van der Waals surface area contributed by atoms with Crippen molar-refractivity contribution in [3.05, 3.63) is 64.2 Å². The van der Waals surface area contributed by atoms with Crippen molar-refractivity contribution in [1.29, 1.82) is 0 Å². The van der Waals surface area contributed by atoms with E-state index in [-0.39, 0.29) is 29.3 Å². The number of anilines is 2. The maximum Gasteiger partial charge on any atom is 0.269 e. The van der Waals surface area contributed by atoms with Crippen LogP contribution < -0.4 is 9.80 Å². The summed E-state index contributed by atoms with van der Waals surface area (Å²) in [4.78, 5) is 14.2. The lowest BCUT2D eigenvalue weighted by Crippen LogP contribution is -2.38. The molecule has 2 aliphatic rings. The van der Waals surface area contributed by atoms with E-state index in [1.807, 2.05) is 41.0 Å². The number of fused-ring (bicyclic) bond motifs is 1. The summed E-state index contributed by atoms with van der Waals surface area (Å²) in [6, 6.07) is 13.2. The second-order valence-electron chi connectivity index (χ2n) is 6.79. The van der Waals surface area contributed by atoms with Gasteiger partial charge < -0.3 is 9.80 Å². The number of para-hydroxylation sites is 1. The van der Waals surface area contributed by atoms with Gasteiger partial charge in [0.2, 0.25) is 0 Å². The van der Waals surface area contributed by atoms with Crippen LogP contribution in [0.4, 0.5) is 17.1 Å². The Morgan fingerprint density at radius 2 is 1.63 bits per heavy atom. The van der Waals surface area contributed by atoms with E-state index in [1.54, 1.807) is 12.1 Å². The summed E-state index contributed by atoms with van der Waals surface area (Å²) in [5, 5.41) is 11.4. The van der Waals surface area contributed by atoms with Crippen molar-refractivity contribution in [3.63, 3.8) is 0 Å². The van der Waals surface area contributed by atoms with Crippen molar-refractivity contribution in [1.82, 2.24) is 0 Å². The van der Waals surface area contributed by atoms with Crippen LogP contribution in [0.3, 0.4) is 0 Å². The molecule has 2 heterocycles. The van der Waals surface area contributed by atoms with Crippen LogP contribution in [-0.4, -0.2) is 42.0 Å². The Hall–Kier alpha value is -2.52. The lowest BCUT2D eigenvalue weighted by molar-refractivity contribution is -0.384. The van der Waals surface area contributed by atoms with E-state index in [0.29, 0.717) is 10.8 Å². The predicted octanol–water partition coefficient (Wildman–Crippen LogP) is 2.68. The van der Waals surface area contributed by atoms with Crippen LogP contribution in [0, 0.1) is 17.0 Å². The molecule has 2 aliphatic heterocycles. The number of rotatable bonds is 3. The minimum atomic E-state index is -3.20. The fourth-order valence-corrected chi connectivity index (χ4v) is 6.25. The number of aryl methyl sites for hydroxylation is 1. The minimum absolute atomic E-state index is 0.0111. The summed E-state index contributed by atoms with van der Waals surface area (Å²) < 4.78 is 24.7. The molecule has 2 fully saturated rings. The van der Waals surface area contributed by atoms with Gasteiger partial charge in [-0.3, -0.25) is 10.1 Å². The number of non-ortho nitro benzene ring substituents is 1. The molecule has 2 aromatic carbocycles. The molecule has 0 N–H and O–H groups in total. The van der Waals surface area contributed by atoms with Gasteiger partial charge >= 0.3 is 0 Å². The largest absolute Gasteiger partial charge is 0.312 e. The monoisotopic (exact) mass is 403 g/mol. The Balaban J connectivity index is 1.79. The van der Waals surface area contributed by atoms with Gasteiger partial charge in [0.05, 0.1) is 28.5 Å². The number of sulfone groups is 1. The van der Waals surface area contributed by atoms with Crippen molar-refractivity contribution in [3.8, 4) is 0 Å². The summed E-state index contributed by atoms with van der Waals surface area (Å²) >= 11 is 5.72. The zero-order valence-corrected chi connectivity index (χ0v) is 16.1. The average molecular weight is 403 g/mol. The quantitative estimate of drug-likeness (QED) is 0.443. The molecule has 0 spiro atoms. The molecule has 2 saturated heterocycles. The molecule has 140 valence electrons. The molecule has 27 heavy (non-hydrogen) atoms. The van der Waals surface area contributed by atoms with Crippen LogP contribution in [0.1, 0.15) is 5.56 Å². The van der Waals surface area contributed by atoms with E-state index in [1.165, 1.54) is 12.1 Å². The summed E-state index contributed by atoms with van der Waals surface area (Å²) in [5.41, 5.74) is 2.54. The number of nitro benzene ring substituents is 1. The Labute approximate surface area is 162 Å². The molecule has 0 bridgehead atoms. The Kier molecular flexibility index (Phi) is 4.15. The van der Waals surface area contributed by atoms with Gasteiger partial charge in [0.25, 0.3) is 5.69 Å². The number of nitro groups is 1. The first-order valence-electron chi connectivity index (χ1n) is 8.41. The number of thiocarbonyl (C=S) groups is 1. The first-order valence-corrected chi connectivity index (χ1v) is 10.6. The second kappa shape index (κ2) is 6.28. The van der Waals surface area contributed by atoms with Crippen molar-refractivity contribution >= 4 is 44.2 Å². The minimum Gasteiger partial charge on any atom is -0.312 e. The lowest BCUT2D eigenvalue weighted by Gasteiger charge is -2.26. The number of benzene rings is 2. The average Bonchev–Trinajstić information content (AvgIpc) is 3.04.